The van der Waals surface area contributed by atoms with Crippen LogP contribution in [0.15, 0.2) is 30.5 Å². The predicted octanol–water partition coefficient (Wildman–Crippen LogP) is 4.47. The molecule has 0 amide bonds. The minimum atomic E-state index is -0.763. The van der Waals surface area contributed by atoms with Crippen LogP contribution in [-0.4, -0.2) is 27.1 Å². The Morgan fingerprint density at radius 2 is 2.04 bits per heavy atom. The molecule has 6 nitrogen and oxygen atoms in total. The lowest BCUT2D eigenvalue weighted by atomic mass is 9.85. The Labute approximate surface area is 154 Å². The minimum absolute atomic E-state index is 0.0247. The second kappa shape index (κ2) is 8.31. The van der Waals surface area contributed by atoms with Crippen LogP contribution in [0.25, 0.3) is 0 Å². The van der Waals surface area contributed by atoms with Gasteiger partial charge in [-0.25, -0.2) is 9.37 Å². The molecule has 8 heteroatoms. The first-order valence-electron chi connectivity index (χ1n) is 8.34. The molecular formula is C18H18ClFN2O4. The molecule has 0 radical (unpaired) electrons. The van der Waals surface area contributed by atoms with Crippen molar-refractivity contribution in [2.45, 2.75) is 38.2 Å². The summed E-state index contributed by atoms with van der Waals surface area (Å²) in [6, 6.07) is 5.64. The molecule has 1 aromatic heterocycles. The number of carboxylic acid groups (broad SMARTS) is 1. The summed E-state index contributed by atoms with van der Waals surface area (Å²) in [6.07, 6.45) is 4.79. The van der Waals surface area contributed by atoms with Gasteiger partial charge in [0, 0.05) is 23.7 Å². The molecule has 0 bridgehead atoms. The second-order valence-electron chi connectivity index (χ2n) is 6.21. The lowest BCUT2D eigenvalue weighted by Gasteiger charge is -2.27. The van der Waals surface area contributed by atoms with E-state index in [0.29, 0.717) is 5.88 Å². The first-order chi connectivity index (χ1) is 12.5. The molecule has 0 saturated heterocycles. The number of carboxylic acids is 1. The molecule has 26 heavy (non-hydrogen) atoms. The molecule has 138 valence electrons. The van der Waals surface area contributed by atoms with Crippen molar-refractivity contribution < 1.29 is 23.8 Å². The zero-order valence-electron chi connectivity index (χ0n) is 13.9. The molecule has 1 heterocycles. The maximum absolute atomic E-state index is 13.8. The fourth-order valence-corrected chi connectivity index (χ4v) is 3.13. The van der Waals surface area contributed by atoms with Crippen molar-refractivity contribution in [3.05, 3.63) is 41.3 Å². The number of carbonyl (C=O) groups is 1. The SMILES string of the molecule is O=C(O)C[C@H]1CC[C@H](Oc2ccnc(Oc3ccc(Cl)cc3F)n2)CC1. The molecule has 1 saturated carbocycles. The molecule has 3 rings (SSSR count). The van der Waals surface area contributed by atoms with E-state index in [4.69, 9.17) is 26.2 Å². The van der Waals surface area contributed by atoms with Crippen LogP contribution in [0.4, 0.5) is 4.39 Å². The van der Waals surface area contributed by atoms with Crippen LogP contribution in [0.1, 0.15) is 32.1 Å². The first-order valence-corrected chi connectivity index (χ1v) is 8.72. The second-order valence-corrected chi connectivity index (χ2v) is 6.65. The number of ether oxygens (including phenoxy) is 2. The Hall–Kier alpha value is -2.41. The highest BCUT2D eigenvalue weighted by Crippen LogP contribution is 2.30. The summed E-state index contributed by atoms with van der Waals surface area (Å²) in [5, 5.41) is 9.13. The third kappa shape index (κ3) is 5.05. The van der Waals surface area contributed by atoms with Gasteiger partial charge in [0.15, 0.2) is 11.6 Å². The maximum Gasteiger partial charge on any atom is 0.325 e. The average Bonchev–Trinajstić information content (AvgIpc) is 2.59. The molecule has 0 atom stereocenters. The number of rotatable bonds is 6. The van der Waals surface area contributed by atoms with E-state index in [-0.39, 0.29) is 35.2 Å². The zero-order chi connectivity index (χ0) is 18.5. The Bertz CT molecular complexity index is 782. The highest BCUT2D eigenvalue weighted by molar-refractivity contribution is 6.30. The van der Waals surface area contributed by atoms with Gasteiger partial charge in [0.1, 0.15) is 6.10 Å². The number of aromatic nitrogens is 2. The molecule has 0 spiro atoms. The molecule has 1 fully saturated rings. The average molecular weight is 381 g/mol. The van der Waals surface area contributed by atoms with E-state index in [1.165, 1.54) is 18.3 Å². The van der Waals surface area contributed by atoms with Crippen molar-refractivity contribution in [3.8, 4) is 17.6 Å². The number of nitrogens with zero attached hydrogens (tertiary/aromatic N) is 2. The molecule has 1 aliphatic carbocycles. The summed E-state index contributed by atoms with van der Waals surface area (Å²) in [7, 11) is 0. The van der Waals surface area contributed by atoms with Crippen molar-refractivity contribution in [1.29, 1.82) is 0 Å². The fourth-order valence-electron chi connectivity index (χ4n) is 2.97. The van der Waals surface area contributed by atoms with Gasteiger partial charge in [-0.15, -0.1) is 0 Å². The number of hydrogen-bond acceptors (Lipinski definition) is 5. The Morgan fingerprint density at radius 1 is 1.27 bits per heavy atom. The maximum atomic E-state index is 13.8. The van der Waals surface area contributed by atoms with Gasteiger partial charge >= 0.3 is 12.0 Å². The van der Waals surface area contributed by atoms with Crippen LogP contribution in [0.5, 0.6) is 17.6 Å². The molecule has 0 unspecified atom stereocenters. The van der Waals surface area contributed by atoms with Crippen LogP contribution in [-0.2, 0) is 4.79 Å². The largest absolute Gasteiger partial charge is 0.481 e. The molecule has 1 N–H and O–H groups in total. The van der Waals surface area contributed by atoms with Crippen LogP contribution in [0.2, 0.25) is 5.02 Å². The minimum Gasteiger partial charge on any atom is -0.481 e. The van der Waals surface area contributed by atoms with E-state index in [9.17, 15) is 9.18 Å². The predicted molar refractivity (Wildman–Crippen MR) is 92.1 cm³/mol. The summed E-state index contributed by atoms with van der Waals surface area (Å²) in [5.41, 5.74) is 0. The van der Waals surface area contributed by atoms with E-state index >= 15 is 0 Å². The highest BCUT2D eigenvalue weighted by Gasteiger charge is 2.24. The van der Waals surface area contributed by atoms with Crippen molar-refractivity contribution in [2.75, 3.05) is 0 Å². The number of aliphatic carboxylic acids is 1. The van der Waals surface area contributed by atoms with Crippen LogP contribution >= 0.6 is 11.6 Å². The van der Waals surface area contributed by atoms with Crippen LogP contribution in [0, 0.1) is 11.7 Å². The van der Waals surface area contributed by atoms with Crippen LogP contribution < -0.4 is 9.47 Å². The van der Waals surface area contributed by atoms with Gasteiger partial charge in [-0.1, -0.05) is 11.6 Å². The lowest BCUT2D eigenvalue weighted by molar-refractivity contribution is -0.138. The molecule has 2 aromatic rings. The number of hydrogen-bond donors (Lipinski definition) is 1. The summed E-state index contributed by atoms with van der Waals surface area (Å²) in [4.78, 5) is 18.9. The lowest BCUT2D eigenvalue weighted by Crippen LogP contribution is -2.25. The third-order valence-corrected chi connectivity index (χ3v) is 4.48. The highest BCUT2D eigenvalue weighted by atomic mass is 35.5. The van der Waals surface area contributed by atoms with E-state index < -0.39 is 11.8 Å². The summed E-state index contributed by atoms with van der Waals surface area (Å²) in [5.74, 6) is -0.859. The van der Waals surface area contributed by atoms with E-state index in [2.05, 4.69) is 9.97 Å². The number of halogens is 2. The smallest absolute Gasteiger partial charge is 0.325 e. The van der Waals surface area contributed by atoms with Crippen molar-refractivity contribution in [1.82, 2.24) is 9.97 Å². The Balaban J connectivity index is 1.59. The van der Waals surface area contributed by atoms with Gasteiger partial charge in [0.2, 0.25) is 5.88 Å². The van der Waals surface area contributed by atoms with Gasteiger partial charge in [-0.2, -0.15) is 4.98 Å². The Morgan fingerprint density at radius 3 is 2.73 bits per heavy atom. The van der Waals surface area contributed by atoms with Gasteiger partial charge in [0.25, 0.3) is 0 Å². The molecule has 1 aliphatic rings. The van der Waals surface area contributed by atoms with E-state index in [0.717, 1.165) is 31.7 Å². The summed E-state index contributed by atoms with van der Waals surface area (Å²) < 4.78 is 25.0. The summed E-state index contributed by atoms with van der Waals surface area (Å²) in [6.45, 7) is 0. The normalized spacial score (nSPS) is 19.8. The molecular weight excluding hydrogens is 363 g/mol. The van der Waals surface area contributed by atoms with E-state index in [1.54, 1.807) is 6.07 Å². The summed E-state index contributed by atoms with van der Waals surface area (Å²) >= 11 is 5.71. The zero-order valence-corrected chi connectivity index (χ0v) is 14.7. The van der Waals surface area contributed by atoms with Gasteiger partial charge in [-0.3, -0.25) is 4.79 Å². The van der Waals surface area contributed by atoms with Crippen molar-refractivity contribution in [2.24, 2.45) is 5.92 Å². The van der Waals surface area contributed by atoms with Gasteiger partial charge in [-0.05, 0) is 49.8 Å². The van der Waals surface area contributed by atoms with Crippen molar-refractivity contribution in [3.63, 3.8) is 0 Å². The molecule has 1 aromatic carbocycles. The standard InChI is InChI=1S/C18H18ClFN2O4/c19-12-3-6-15(14(20)10-12)26-18-21-8-7-16(22-18)25-13-4-1-11(2-5-13)9-17(23)24/h3,6-8,10-11,13H,1-2,4-5,9H2,(H,23,24)/t11-,13-. The number of benzene rings is 1. The van der Waals surface area contributed by atoms with E-state index in [1.807, 2.05) is 0 Å². The topological polar surface area (TPSA) is 81.5 Å². The fraction of sp³-hybridized carbons (Fsp3) is 0.389. The first kappa shape index (κ1) is 18.4. The third-order valence-electron chi connectivity index (χ3n) is 4.25. The van der Waals surface area contributed by atoms with Crippen molar-refractivity contribution >= 4 is 17.6 Å². The monoisotopic (exact) mass is 380 g/mol. The van der Waals surface area contributed by atoms with Gasteiger partial charge in [0.05, 0.1) is 0 Å². The quantitative estimate of drug-likeness (QED) is 0.796. The van der Waals surface area contributed by atoms with Gasteiger partial charge < -0.3 is 14.6 Å². The molecule has 0 aliphatic heterocycles. The Kier molecular flexibility index (Phi) is 5.88. The van der Waals surface area contributed by atoms with Crippen LogP contribution in [0.3, 0.4) is 0 Å².